The van der Waals surface area contributed by atoms with Gasteiger partial charge in [-0.1, -0.05) is 20.8 Å². The highest BCUT2D eigenvalue weighted by Gasteiger charge is 2.16. The first-order chi connectivity index (χ1) is 7.29. The van der Waals surface area contributed by atoms with Crippen LogP contribution in [0, 0.1) is 12.3 Å². The van der Waals surface area contributed by atoms with Crippen LogP contribution in [0.2, 0.25) is 0 Å². The van der Waals surface area contributed by atoms with Gasteiger partial charge in [-0.2, -0.15) is 0 Å². The Balaban J connectivity index is 2.55. The summed E-state index contributed by atoms with van der Waals surface area (Å²) in [4.78, 5) is 17.6. The second kappa shape index (κ2) is 4.82. The summed E-state index contributed by atoms with van der Waals surface area (Å²) < 4.78 is 0. The summed E-state index contributed by atoms with van der Waals surface area (Å²) in [6, 6.07) is -0.107. The summed E-state index contributed by atoms with van der Waals surface area (Å²) >= 11 is 1.47. The molecule has 5 heteroatoms. The highest BCUT2D eigenvalue weighted by atomic mass is 32.1. The molecule has 1 rings (SSSR count). The Morgan fingerprint density at radius 3 is 2.62 bits per heavy atom. The van der Waals surface area contributed by atoms with Gasteiger partial charge in [0.2, 0.25) is 0 Å². The first-order valence-corrected chi connectivity index (χ1v) is 6.11. The Morgan fingerprint density at radius 1 is 1.56 bits per heavy atom. The summed E-state index contributed by atoms with van der Waals surface area (Å²) in [6.07, 6.45) is 0. The van der Waals surface area contributed by atoms with Crippen LogP contribution in [0.15, 0.2) is 5.38 Å². The van der Waals surface area contributed by atoms with E-state index in [-0.39, 0.29) is 11.4 Å². The maximum absolute atomic E-state index is 11.8. The van der Waals surface area contributed by atoms with Crippen LogP contribution in [-0.2, 0) is 0 Å². The molecular weight excluding hydrogens is 222 g/mol. The van der Waals surface area contributed by atoms with E-state index in [4.69, 9.17) is 0 Å². The monoisotopic (exact) mass is 241 g/mol. The molecule has 0 aromatic carbocycles. The highest BCUT2D eigenvalue weighted by molar-refractivity contribution is 7.14. The molecule has 0 aliphatic heterocycles. The van der Waals surface area contributed by atoms with Gasteiger partial charge >= 0.3 is 6.03 Å². The van der Waals surface area contributed by atoms with Crippen molar-refractivity contribution in [2.24, 2.45) is 5.41 Å². The van der Waals surface area contributed by atoms with Crippen molar-refractivity contribution in [1.82, 2.24) is 10.3 Å². The molecule has 0 aliphatic rings. The van der Waals surface area contributed by atoms with E-state index in [9.17, 15) is 4.79 Å². The van der Waals surface area contributed by atoms with E-state index < -0.39 is 0 Å². The van der Waals surface area contributed by atoms with Crippen LogP contribution in [0.4, 0.5) is 9.93 Å². The largest absolute Gasteiger partial charge is 0.337 e. The standard InChI is InChI=1S/C11H19N3OS/c1-8-6-16-10(13-8)14(5)9(15)12-7-11(2,3)4/h6H,7H2,1-5H3,(H,12,15). The quantitative estimate of drug-likeness (QED) is 0.865. The number of aromatic nitrogens is 1. The van der Waals surface area contributed by atoms with E-state index in [1.54, 1.807) is 11.9 Å². The van der Waals surface area contributed by atoms with E-state index in [0.717, 1.165) is 10.8 Å². The van der Waals surface area contributed by atoms with E-state index in [1.165, 1.54) is 11.3 Å². The van der Waals surface area contributed by atoms with Gasteiger partial charge in [0.05, 0.1) is 5.69 Å². The van der Waals surface area contributed by atoms with E-state index in [2.05, 4.69) is 31.1 Å². The highest BCUT2D eigenvalue weighted by Crippen LogP contribution is 2.19. The lowest BCUT2D eigenvalue weighted by Crippen LogP contribution is -2.41. The number of carbonyl (C=O) groups excluding carboxylic acids is 1. The Bertz CT molecular complexity index is 368. The number of hydrogen-bond acceptors (Lipinski definition) is 3. The maximum atomic E-state index is 11.8. The van der Waals surface area contributed by atoms with E-state index >= 15 is 0 Å². The van der Waals surface area contributed by atoms with Crippen LogP contribution < -0.4 is 10.2 Å². The Kier molecular flexibility index (Phi) is 3.91. The number of nitrogens with zero attached hydrogens (tertiary/aromatic N) is 2. The molecule has 1 aromatic rings. The van der Waals surface area contributed by atoms with Crippen LogP contribution in [0.5, 0.6) is 0 Å². The molecule has 1 N–H and O–H groups in total. The summed E-state index contributed by atoms with van der Waals surface area (Å²) in [5.74, 6) is 0. The van der Waals surface area contributed by atoms with Gasteiger partial charge in [-0.25, -0.2) is 9.78 Å². The average Bonchev–Trinajstić information content (AvgIpc) is 2.59. The van der Waals surface area contributed by atoms with Gasteiger partial charge in [-0.15, -0.1) is 11.3 Å². The fraction of sp³-hybridized carbons (Fsp3) is 0.636. The van der Waals surface area contributed by atoms with Crippen molar-refractivity contribution in [2.75, 3.05) is 18.5 Å². The second-order valence-corrected chi connectivity index (χ2v) is 5.89. The van der Waals surface area contributed by atoms with E-state index in [1.807, 2.05) is 12.3 Å². The van der Waals surface area contributed by atoms with Gasteiger partial charge in [0, 0.05) is 19.0 Å². The third kappa shape index (κ3) is 3.81. The zero-order valence-electron chi connectivity index (χ0n) is 10.5. The molecule has 0 unspecified atom stereocenters. The molecule has 0 atom stereocenters. The van der Waals surface area contributed by atoms with Crippen molar-refractivity contribution in [1.29, 1.82) is 0 Å². The number of hydrogen-bond donors (Lipinski definition) is 1. The third-order valence-corrected chi connectivity index (χ3v) is 3.00. The number of nitrogens with one attached hydrogen (secondary N) is 1. The summed E-state index contributed by atoms with van der Waals surface area (Å²) in [5.41, 5.74) is 1.03. The lowest BCUT2D eigenvalue weighted by Gasteiger charge is -2.21. The summed E-state index contributed by atoms with van der Waals surface area (Å²) in [7, 11) is 1.73. The molecule has 0 saturated heterocycles. The molecular formula is C11H19N3OS. The summed E-state index contributed by atoms with van der Waals surface area (Å²) in [5, 5.41) is 5.54. The van der Waals surface area contributed by atoms with E-state index in [0.29, 0.717) is 6.54 Å². The van der Waals surface area contributed by atoms with Crippen molar-refractivity contribution in [3.8, 4) is 0 Å². The molecule has 1 heterocycles. The van der Waals surface area contributed by atoms with Crippen LogP contribution >= 0.6 is 11.3 Å². The fourth-order valence-corrected chi connectivity index (χ4v) is 1.81. The van der Waals surface area contributed by atoms with Crippen molar-refractivity contribution in [2.45, 2.75) is 27.7 Å². The number of thiazole rings is 1. The Hall–Kier alpha value is -1.10. The van der Waals surface area contributed by atoms with Gasteiger partial charge in [0.25, 0.3) is 0 Å². The van der Waals surface area contributed by atoms with Crippen LogP contribution in [0.3, 0.4) is 0 Å². The maximum Gasteiger partial charge on any atom is 0.323 e. The topological polar surface area (TPSA) is 45.2 Å². The minimum Gasteiger partial charge on any atom is -0.337 e. The molecule has 0 aliphatic carbocycles. The first kappa shape index (κ1) is 13.0. The van der Waals surface area contributed by atoms with Crippen LogP contribution in [0.1, 0.15) is 26.5 Å². The number of rotatable bonds is 2. The Morgan fingerprint density at radius 2 is 2.19 bits per heavy atom. The zero-order valence-corrected chi connectivity index (χ0v) is 11.3. The SMILES string of the molecule is Cc1csc(N(C)C(=O)NCC(C)(C)C)n1. The molecule has 16 heavy (non-hydrogen) atoms. The molecule has 90 valence electrons. The molecule has 1 aromatic heterocycles. The molecule has 0 fully saturated rings. The fourth-order valence-electron chi connectivity index (χ4n) is 1.04. The second-order valence-electron chi connectivity index (χ2n) is 5.05. The Labute approximate surface area is 101 Å². The van der Waals surface area contributed by atoms with Crippen molar-refractivity contribution in [3.63, 3.8) is 0 Å². The van der Waals surface area contributed by atoms with Gasteiger partial charge in [0.1, 0.15) is 0 Å². The molecule has 2 amide bonds. The molecule has 4 nitrogen and oxygen atoms in total. The van der Waals surface area contributed by atoms with Crippen LogP contribution in [0.25, 0.3) is 0 Å². The lowest BCUT2D eigenvalue weighted by molar-refractivity contribution is 0.242. The number of urea groups is 1. The van der Waals surface area contributed by atoms with Crippen LogP contribution in [-0.4, -0.2) is 24.6 Å². The predicted molar refractivity (Wildman–Crippen MR) is 68.1 cm³/mol. The zero-order chi connectivity index (χ0) is 12.3. The van der Waals surface area contributed by atoms with Gasteiger partial charge in [0.15, 0.2) is 5.13 Å². The lowest BCUT2D eigenvalue weighted by atomic mass is 9.97. The van der Waals surface area contributed by atoms with Crippen molar-refractivity contribution >= 4 is 22.5 Å². The van der Waals surface area contributed by atoms with Gasteiger partial charge in [-0.05, 0) is 12.3 Å². The average molecular weight is 241 g/mol. The number of carbonyl (C=O) groups is 1. The molecule has 0 bridgehead atoms. The third-order valence-electron chi connectivity index (χ3n) is 1.97. The predicted octanol–water partition coefficient (Wildman–Crippen LogP) is 2.64. The normalized spacial score (nSPS) is 11.3. The number of amides is 2. The first-order valence-electron chi connectivity index (χ1n) is 5.23. The number of aryl methyl sites for hydroxylation is 1. The smallest absolute Gasteiger partial charge is 0.323 e. The number of anilines is 1. The molecule has 0 saturated carbocycles. The summed E-state index contributed by atoms with van der Waals surface area (Å²) in [6.45, 7) is 8.82. The minimum absolute atomic E-state index is 0.0926. The molecule has 0 spiro atoms. The van der Waals surface area contributed by atoms with Crippen molar-refractivity contribution in [3.05, 3.63) is 11.1 Å². The minimum atomic E-state index is -0.107. The van der Waals surface area contributed by atoms with Crippen molar-refractivity contribution < 1.29 is 4.79 Å². The van der Waals surface area contributed by atoms with Gasteiger partial charge < -0.3 is 5.32 Å². The van der Waals surface area contributed by atoms with Gasteiger partial charge in [-0.3, -0.25) is 4.90 Å². The molecule has 0 radical (unpaired) electrons.